The molecule has 0 spiro atoms. The Morgan fingerprint density at radius 1 is 1.54 bits per heavy atom. The van der Waals surface area contributed by atoms with Crippen LogP contribution in [0.1, 0.15) is 33.6 Å². The lowest BCUT2D eigenvalue weighted by atomic mass is 10.2. The van der Waals surface area contributed by atoms with Crippen LogP contribution in [0.25, 0.3) is 0 Å². The van der Waals surface area contributed by atoms with Crippen molar-refractivity contribution in [2.75, 3.05) is 12.5 Å². The first kappa shape index (κ1) is 12.6. The Bertz CT molecular complexity index is 153. The molecule has 0 saturated carbocycles. The lowest BCUT2D eigenvalue weighted by molar-refractivity contribution is 0.105. The molecule has 0 radical (unpaired) electrons. The number of hydrogen-bond donors (Lipinski definition) is 1. The number of hydrogen-bond acceptors (Lipinski definition) is 3. The fourth-order valence-electron chi connectivity index (χ4n) is 1.33. The summed E-state index contributed by atoms with van der Waals surface area (Å²) in [6.45, 7) is 6.78. The number of ether oxygens (including phenoxy) is 1. The van der Waals surface area contributed by atoms with Crippen LogP contribution in [0.4, 0.5) is 4.79 Å². The van der Waals surface area contributed by atoms with E-state index in [1.165, 1.54) is 0 Å². The molecule has 1 unspecified atom stereocenters. The molecule has 0 bridgehead atoms. The highest BCUT2D eigenvalue weighted by molar-refractivity contribution is 7.80. The SMILES string of the molecule is CCCC(C)N(CC)C(=O)OCS. The quantitative estimate of drug-likeness (QED) is 0.552. The van der Waals surface area contributed by atoms with Crippen LogP contribution in [0, 0.1) is 0 Å². The Balaban J connectivity index is 4.06. The topological polar surface area (TPSA) is 29.5 Å². The number of rotatable bonds is 5. The normalized spacial score (nSPS) is 12.3. The van der Waals surface area contributed by atoms with Gasteiger partial charge >= 0.3 is 6.09 Å². The summed E-state index contributed by atoms with van der Waals surface area (Å²) in [6.07, 6.45) is 1.82. The number of amides is 1. The zero-order chi connectivity index (χ0) is 10.3. The van der Waals surface area contributed by atoms with Crippen molar-refractivity contribution in [3.8, 4) is 0 Å². The Hall–Kier alpha value is -0.380. The van der Waals surface area contributed by atoms with E-state index in [4.69, 9.17) is 4.74 Å². The first-order valence-corrected chi connectivity index (χ1v) is 5.34. The number of carbonyl (C=O) groups excluding carboxylic acids is 1. The van der Waals surface area contributed by atoms with Crippen molar-refractivity contribution < 1.29 is 9.53 Å². The minimum Gasteiger partial charge on any atom is -0.439 e. The van der Waals surface area contributed by atoms with Crippen LogP contribution in [-0.4, -0.2) is 29.5 Å². The maximum Gasteiger partial charge on any atom is 0.410 e. The molecule has 0 aromatic heterocycles. The molecule has 1 amide bonds. The van der Waals surface area contributed by atoms with E-state index in [1.54, 1.807) is 4.90 Å². The van der Waals surface area contributed by atoms with Gasteiger partial charge in [-0.3, -0.25) is 0 Å². The molecular weight excluding hydrogens is 186 g/mol. The van der Waals surface area contributed by atoms with Crippen molar-refractivity contribution in [2.24, 2.45) is 0 Å². The number of thiol groups is 1. The van der Waals surface area contributed by atoms with Crippen LogP contribution in [-0.2, 0) is 4.74 Å². The lowest BCUT2D eigenvalue weighted by Gasteiger charge is -2.26. The molecule has 78 valence electrons. The second kappa shape index (κ2) is 7.06. The summed E-state index contributed by atoms with van der Waals surface area (Å²) < 4.78 is 4.81. The predicted octanol–water partition coefficient (Wildman–Crippen LogP) is 2.52. The van der Waals surface area contributed by atoms with Crippen molar-refractivity contribution in [3.05, 3.63) is 0 Å². The molecule has 0 aliphatic carbocycles. The molecule has 3 nitrogen and oxygen atoms in total. The third-order valence-corrected chi connectivity index (χ3v) is 2.13. The van der Waals surface area contributed by atoms with Gasteiger partial charge in [-0.15, -0.1) is 12.6 Å². The summed E-state index contributed by atoms with van der Waals surface area (Å²) in [7, 11) is 0. The summed E-state index contributed by atoms with van der Waals surface area (Å²) in [5.41, 5.74) is 0. The fourth-order valence-corrected chi connectivity index (χ4v) is 1.44. The Morgan fingerprint density at radius 3 is 2.54 bits per heavy atom. The van der Waals surface area contributed by atoms with Crippen molar-refractivity contribution in [1.29, 1.82) is 0 Å². The van der Waals surface area contributed by atoms with Gasteiger partial charge in [0.05, 0.1) is 0 Å². The molecule has 1 atom stereocenters. The van der Waals surface area contributed by atoms with E-state index in [0.29, 0.717) is 6.54 Å². The first-order valence-electron chi connectivity index (χ1n) is 4.71. The van der Waals surface area contributed by atoms with Crippen molar-refractivity contribution in [2.45, 2.75) is 39.7 Å². The van der Waals surface area contributed by atoms with Crippen molar-refractivity contribution in [3.63, 3.8) is 0 Å². The van der Waals surface area contributed by atoms with Gasteiger partial charge in [0.15, 0.2) is 0 Å². The summed E-state index contributed by atoms with van der Waals surface area (Å²) >= 11 is 3.84. The first-order chi connectivity index (χ1) is 6.17. The standard InChI is InChI=1S/C9H19NO2S/c1-4-6-8(3)10(5-2)9(11)12-7-13/h8,13H,4-7H2,1-3H3. The molecule has 0 heterocycles. The summed E-state index contributed by atoms with van der Waals surface area (Å²) in [4.78, 5) is 13.1. The van der Waals surface area contributed by atoms with Gasteiger partial charge in [0, 0.05) is 12.6 Å². The number of nitrogens with zero attached hydrogens (tertiary/aromatic N) is 1. The van der Waals surface area contributed by atoms with E-state index in [9.17, 15) is 4.79 Å². The van der Waals surface area contributed by atoms with Gasteiger partial charge < -0.3 is 9.64 Å². The number of carbonyl (C=O) groups is 1. The van der Waals surface area contributed by atoms with Gasteiger partial charge in [-0.1, -0.05) is 13.3 Å². The molecule has 0 N–H and O–H groups in total. The molecule has 0 aliphatic rings. The van der Waals surface area contributed by atoms with Gasteiger partial charge in [-0.25, -0.2) is 4.79 Å². The summed E-state index contributed by atoms with van der Waals surface area (Å²) in [6, 6.07) is 0.252. The van der Waals surface area contributed by atoms with Crippen molar-refractivity contribution >= 4 is 18.7 Å². The van der Waals surface area contributed by atoms with Crippen LogP contribution in [0.2, 0.25) is 0 Å². The smallest absolute Gasteiger partial charge is 0.410 e. The minimum absolute atomic E-state index is 0.147. The van der Waals surface area contributed by atoms with Gasteiger partial charge in [0.25, 0.3) is 0 Å². The highest BCUT2D eigenvalue weighted by atomic mass is 32.1. The van der Waals surface area contributed by atoms with E-state index in [2.05, 4.69) is 19.6 Å². The third-order valence-electron chi connectivity index (χ3n) is 2.00. The Morgan fingerprint density at radius 2 is 2.15 bits per heavy atom. The van der Waals surface area contributed by atoms with E-state index >= 15 is 0 Å². The van der Waals surface area contributed by atoms with Gasteiger partial charge in [0.1, 0.15) is 5.94 Å². The second-order valence-electron chi connectivity index (χ2n) is 2.96. The third kappa shape index (κ3) is 4.41. The van der Waals surface area contributed by atoms with E-state index < -0.39 is 0 Å². The maximum absolute atomic E-state index is 11.3. The van der Waals surface area contributed by atoms with Gasteiger partial charge in [-0.2, -0.15) is 0 Å². The monoisotopic (exact) mass is 205 g/mol. The van der Waals surface area contributed by atoms with E-state index in [0.717, 1.165) is 12.8 Å². The minimum atomic E-state index is -0.265. The Labute approximate surface area is 85.8 Å². The lowest BCUT2D eigenvalue weighted by Crippen LogP contribution is -2.38. The van der Waals surface area contributed by atoms with Crippen LogP contribution >= 0.6 is 12.6 Å². The van der Waals surface area contributed by atoms with Crippen LogP contribution in [0.5, 0.6) is 0 Å². The van der Waals surface area contributed by atoms with E-state index in [-0.39, 0.29) is 18.1 Å². The molecule has 0 aliphatic heterocycles. The highest BCUT2D eigenvalue weighted by Crippen LogP contribution is 2.07. The zero-order valence-corrected chi connectivity index (χ0v) is 9.51. The van der Waals surface area contributed by atoms with Gasteiger partial charge in [0.2, 0.25) is 0 Å². The van der Waals surface area contributed by atoms with Crippen LogP contribution < -0.4 is 0 Å². The average Bonchev–Trinajstić information content (AvgIpc) is 2.06. The molecule has 4 heteroatoms. The molecule has 0 aromatic rings. The molecule has 13 heavy (non-hydrogen) atoms. The zero-order valence-electron chi connectivity index (χ0n) is 8.62. The molecular formula is C9H19NO2S. The molecule has 0 rings (SSSR count). The molecule has 0 saturated heterocycles. The molecule has 0 aromatic carbocycles. The largest absolute Gasteiger partial charge is 0.439 e. The molecule has 0 fully saturated rings. The summed E-state index contributed by atoms with van der Waals surface area (Å²) in [5.74, 6) is 0.147. The van der Waals surface area contributed by atoms with E-state index in [1.807, 2.05) is 13.8 Å². The average molecular weight is 205 g/mol. The van der Waals surface area contributed by atoms with Crippen LogP contribution in [0.3, 0.4) is 0 Å². The van der Waals surface area contributed by atoms with Crippen molar-refractivity contribution in [1.82, 2.24) is 4.90 Å². The highest BCUT2D eigenvalue weighted by Gasteiger charge is 2.18. The summed E-state index contributed by atoms with van der Waals surface area (Å²) in [5, 5.41) is 0. The van der Waals surface area contributed by atoms with Gasteiger partial charge in [-0.05, 0) is 20.3 Å². The Kier molecular flexibility index (Phi) is 6.86. The van der Waals surface area contributed by atoms with Crippen LogP contribution in [0.15, 0.2) is 0 Å². The maximum atomic E-state index is 11.3. The second-order valence-corrected chi connectivity index (χ2v) is 3.22. The fraction of sp³-hybridized carbons (Fsp3) is 0.889. The predicted molar refractivity (Wildman–Crippen MR) is 57.1 cm³/mol.